The number of benzene rings is 2. The predicted molar refractivity (Wildman–Crippen MR) is 86.0 cm³/mol. The van der Waals surface area contributed by atoms with Crippen LogP contribution in [0.1, 0.15) is 18.9 Å². The molecule has 0 radical (unpaired) electrons. The third kappa shape index (κ3) is 4.32. The summed E-state index contributed by atoms with van der Waals surface area (Å²) in [5.41, 5.74) is 1.97. The largest absolute Gasteiger partial charge is 0.494 e. The molecule has 2 rings (SSSR count). The van der Waals surface area contributed by atoms with Crippen LogP contribution in [0.25, 0.3) is 0 Å². The Morgan fingerprint density at radius 1 is 1.10 bits per heavy atom. The van der Waals surface area contributed by atoms with Gasteiger partial charge in [-0.25, -0.2) is 0 Å². The van der Waals surface area contributed by atoms with E-state index in [4.69, 9.17) is 27.9 Å². The molecule has 0 aliphatic rings. The van der Waals surface area contributed by atoms with E-state index in [0.29, 0.717) is 16.6 Å². The van der Waals surface area contributed by atoms with E-state index in [-0.39, 0.29) is 0 Å². The van der Waals surface area contributed by atoms with E-state index >= 15 is 0 Å². The van der Waals surface area contributed by atoms with E-state index in [1.54, 1.807) is 12.1 Å². The molecule has 2 aromatic carbocycles. The maximum Gasteiger partial charge on any atom is 0.119 e. The minimum absolute atomic E-state index is 0.660. The third-order valence-corrected chi connectivity index (χ3v) is 3.35. The first-order valence-corrected chi connectivity index (χ1v) is 7.35. The molecular formula is C16H17Cl2NO. The van der Waals surface area contributed by atoms with Crippen molar-refractivity contribution in [1.82, 2.24) is 0 Å². The van der Waals surface area contributed by atoms with Crippen molar-refractivity contribution in [3.05, 3.63) is 58.1 Å². The van der Waals surface area contributed by atoms with E-state index in [9.17, 15) is 0 Å². The van der Waals surface area contributed by atoms with Gasteiger partial charge in [-0.1, -0.05) is 42.3 Å². The van der Waals surface area contributed by atoms with Crippen LogP contribution in [0.4, 0.5) is 5.69 Å². The van der Waals surface area contributed by atoms with Crippen LogP contribution in [-0.4, -0.2) is 6.61 Å². The van der Waals surface area contributed by atoms with Crippen molar-refractivity contribution in [3.8, 4) is 5.75 Å². The highest BCUT2D eigenvalue weighted by molar-refractivity contribution is 6.35. The number of hydrogen-bond donors (Lipinski definition) is 1. The minimum atomic E-state index is 0.660. The lowest BCUT2D eigenvalue weighted by Crippen LogP contribution is -2.01. The number of nitrogens with one attached hydrogen (secondary N) is 1. The lowest BCUT2D eigenvalue weighted by Gasteiger charge is -2.10. The van der Waals surface area contributed by atoms with Crippen LogP contribution in [0.3, 0.4) is 0 Å². The smallest absolute Gasteiger partial charge is 0.119 e. The van der Waals surface area contributed by atoms with Gasteiger partial charge in [0.2, 0.25) is 0 Å². The van der Waals surface area contributed by atoms with E-state index in [2.05, 4.69) is 12.2 Å². The molecule has 0 saturated heterocycles. The fourth-order valence-electron chi connectivity index (χ4n) is 1.80. The molecule has 106 valence electrons. The van der Waals surface area contributed by atoms with Gasteiger partial charge in [0.05, 0.1) is 17.3 Å². The van der Waals surface area contributed by atoms with Gasteiger partial charge in [-0.3, -0.25) is 0 Å². The zero-order valence-corrected chi connectivity index (χ0v) is 12.8. The summed E-state index contributed by atoms with van der Waals surface area (Å²) in [6, 6.07) is 13.4. The Labute approximate surface area is 129 Å². The van der Waals surface area contributed by atoms with Crippen molar-refractivity contribution in [2.24, 2.45) is 0 Å². The fraction of sp³-hybridized carbons (Fsp3) is 0.250. The highest BCUT2D eigenvalue weighted by Gasteiger charge is 2.02. The van der Waals surface area contributed by atoms with Gasteiger partial charge in [0.1, 0.15) is 5.75 Å². The van der Waals surface area contributed by atoms with Crippen LogP contribution in [0.2, 0.25) is 10.0 Å². The Bertz CT molecular complexity index is 572. The molecule has 0 aliphatic carbocycles. The molecule has 0 unspecified atom stereocenters. The Hall–Kier alpha value is -1.38. The molecule has 0 aromatic heterocycles. The Morgan fingerprint density at radius 3 is 2.75 bits per heavy atom. The van der Waals surface area contributed by atoms with Crippen molar-refractivity contribution in [2.75, 3.05) is 11.9 Å². The van der Waals surface area contributed by atoms with E-state index in [1.165, 1.54) is 0 Å². The maximum absolute atomic E-state index is 6.12. The zero-order valence-electron chi connectivity index (χ0n) is 11.3. The Morgan fingerprint density at radius 2 is 1.95 bits per heavy atom. The second kappa shape index (κ2) is 7.41. The molecule has 0 atom stereocenters. The molecule has 1 N–H and O–H groups in total. The Balaban J connectivity index is 2.01. The molecule has 2 nitrogen and oxygen atoms in total. The molecule has 0 bridgehead atoms. The molecule has 0 heterocycles. The minimum Gasteiger partial charge on any atom is -0.494 e. The van der Waals surface area contributed by atoms with Crippen molar-refractivity contribution in [2.45, 2.75) is 19.9 Å². The monoisotopic (exact) mass is 309 g/mol. The van der Waals surface area contributed by atoms with E-state index in [1.807, 2.05) is 30.3 Å². The van der Waals surface area contributed by atoms with Crippen molar-refractivity contribution in [3.63, 3.8) is 0 Å². The standard InChI is InChI=1S/C16H17Cl2NO/c1-2-8-20-14-5-3-4-12(9-14)11-19-16-10-13(17)6-7-15(16)18/h3-7,9-10,19H,2,8,11H2,1H3. The quantitative estimate of drug-likeness (QED) is 0.772. The van der Waals surface area contributed by atoms with Crippen LogP contribution >= 0.6 is 23.2 Å². The van der Waals surface area contributed by atoms with Crippen LogP contribution in [0, 0.1) is 0 Å². The molecule has 2 aromatic rings. The summed E-state index contributed by atoms with van der Waals surface area (Å²) in [5.74, 6) is 0.892. The van der Waals surface area contributed by atoms with Gasteiger partial charge < -0.3 is 10.1 Å². The second-order valence-electron chi connectivity index (χ2n) is 4.47. The topological polar surface area (TPSA) is 21.3 Å². The highest BCUT2D eigenvalue weighted by atomic mass is 35.5. The number of halogens is 2. The number of hydrogen-bond acceptors (Lipinski definition) is 2. The molecule has 0 amide bonds. The van der Waals surface area contributed by atoms with Crippen molar-refractivity contribution >= 4 is 28.9 Å². The molecule has 0 fully saturated rings. The summed E-state index contributed by atoms with van der Waals surface area (Å²) in [6.45, 7) is 3.49. The van der Waals surface area contributed by atoms with Crippen molar-refractivity contribution < 1.29 is 4.74 Å². The van der Waals surface area contributed by atoms with Gasteiger partial charge in [-0.2, -0.15) is 0 Å². The summed E-state index contributed by atoms with van der Waals surface area (Å²) in [5, 5.41) is 4.61. The molecule has 20 heavy (non-hydrogen) atoms. The number of anilines is 1. The van der Waals surface area contributed by atoms with Crippen molar-refractivity contribution in [1.29, 1.82) is 0 Å². The van der Waals surface area contributed by atoms with Gasteiger partial charge in [-0.15, -0.1) is 0 Å². The normalized spacial score (nSPS) is 10.3. The van der Waals surface area contributed by atoms with Crippen LogP contribution in [0.5, 0.6) is 5.75 Å². The first-order valence-electron chi connectivity index (χ1n) is 6.59. The Kier molecular flexibility index (Phi) is 5.57. The summed E-state index contributed by atoms with van der Waals surface area (Å²) >= 11 is 12.1. The average Bonchev–Trinajstić information content (AvgIpc) is 2.46. The van der Waals surface area contributed by atoms with E-state index < -0.39 is 0 Å². The lowest BCUT2D eigenvalue weighted by molar-refractivity contribution is 0.317. The lowest BCUT2D eigenvalue weighted by atomic mass is 10.2. The molecule has 0 aliphatic heterocycles. The number of rotatable bonds is 6. The predicted octanol–water partition coefficient (Wildman–Crippen LogP) is 5.39. The summed E-state index contributed by atoms with van der Waals surface area (Å²) in [7, 11) is 0. The third-order valence-electron chi connectivity index (χ3n) is 2.78. The average molecular weight is 310 g/mol. The zero-order chi connectivity index (χ0) is 14.4. The van der Waals surface area contributed by atoms with E-state index in [0.717, 1.165) is 30.0 Å². The van der Waals surface area contributed by atoms with Gasteiger partial charge >= 0.3 is 0 Å². The maximum atomic E-state index is 6.12. The summed E-state index contributed by atoms with van der Waals surface area (Å²) in [4.78, 5) is 0. The molecular weight excluding hydrogens is 293 g/mol. The number of ether oxygens (including phenoxy) is 1. The fourth-order valence-corrected chi connectivity index (χ4v) is 2.15. The summed E-state index contributed by atoms with van der Waals surface area (Å²) in [6.07, 6.45) is 1.00. The van der Waals surface area contributed by atoms with Gasteiger partial charge in [0, 0.05) is 11.6 Å². The molecule has 4 heteroatoms. The first-order chi connectivity index (χ1) is 9.69. The van der Waals surface area contributed by atoms with Crippen LogP contribution < -0.4 is 10.1 Å². The van der Waals surface area contributed by atoms with Crippen LogP contribution in [0.15, 0.2) is 42.5 Å². The first kappa shape index (κ1) is 15.0. The molecule has 0 saturated carbocycles. The van der Waals surface area contributed by atoms with Gasteiger partial charge in [0.15, 0.2) is 0 Å². The summed E-state index contributed by atoms with van der Waals surface area (Å²) < 4.78 is 5.62. The SMILES string of the molecule is CCCOc1cccc(CNc2cc(Cl)ccc2Cl)c1. The van der Waals surface area contributed by atoms with Gasteiger partial charge in [0.25, 0.3) is 0 Å². The second-order valence-corrected chi connectivity index (χ2v) is 5.32. The molecule has 0 spiro atoms. The van der Waals surface area contributed by atoms with Gasteiger partial charge in [-0.05, 0) is 42.3 Å². The highest BCUT2D eigenvalue weighted by Crippen LogP contribution is 2.26. The van der Waals surface area contributed by atoms with Crippen LogP contribution in [-0.2, 0) is 6.54 Å².